The maximum atomic E-state index is 12.2. The minimum Gasteiger partial charge on any atom is -0.300 e. The highest BCUT2D eigenvalue weighted by Crippen LogP contribution is 2.19. The number of anilines is 1. The van der Waals surface area contributed by atoms with Gasteiger partial charge in [0.1, 0.15) is 20.8 Å². The molecule has 0 atom stereocenters. The van der Waals surface area contributed by atoms with E-state index >= 15 is 0 Å². The van der Waals surface area contributed by atoms with Crippen molar-refractivity contribution in [2.45, 2.75) is 44.9 Å². The van der Waals surface area contributed by atoms with Crippen LogP contribution in [-0.2, 0) is 41.7 Å². The van der Waals surface area contributed by atoms with Crippen LogP contribution in [-0.4, -0.2) is 42.1 Å². The van der Waals surface area contributed by atoms with Gasteiger partial charge >= 0.3 is 0 Å². The van der Waals surface area contributed by atoms with Crippen molar-refractivity contribution in [2.75, 3.05) is 5.32 Å². The second kappa shape index (κ2) is 12.1. The van der Waals surface area contributed by atoms with Gasteiger partial charge in [-0.05, 0) is 37.1 Å². The van der Waals surface area contributed by atoms with E-state index in [1.807, 2.05) is 36.4 Å². The van der Waals surface area contributed by atoms with E-state index in [1.165, 1.54) is 22.7 Å². The van der Waals surface area contributed by atoms with Gasteiger partial charge in [-0.15, -0.1) is 31.7 Å². The molecule has 174 valence electrons. The monoisotopic (exact) mass is 493 g/mol. The lowest BCUT2D eigenvalue weighted by molar-refractivity contribution is -0.118. The van der Waals surface area contributed by atoms with Crippen LogP contribution >= 0.6 is 22.7 Å². The molecule has 1 N–H and O–H groups in total. The first-order valence-corrected chi connectivity index (χ1v) is 12.5. The Morgan fingerprint density at radius 2 is 1.32 bits per heavy atom. The number of aromatic nitrogens is 6. The van der Waals surface area contributed by atoms with Crippen molar-refractivity contribution < 1.29 is 9.59 Å². The Kier molecular flexibility index (Phi) is 8.47. The number of aryl methyl sites for hydroxylation is 2. The van der Waals surface area contributed by atoms with E-state index in [4.69, 9.17) is 0 Å². The Labute approximate surface area is 204 Å². The highest BCUT2D eigenvalue weighted by molar-refractivity contribution is 7.15. The summed E-state index contributed by atoms with van der Waals surface area (Å²) >= 11 is 2.88. The fraction of sp³-hybridized carbons (Fsp3) is 0.304. The second-order valence-corrected chi connectivity index (χ2v) is 9.77. The summed E-state index contributed by atoms with van der Waals surface area (Å²) in [5.41, 5.74) is 1.48. The highest BCUT2D eigenvalue weighted by atomic mass is 32.1. The number of nitrogens with zero attached hydrogens (tertiary/aromatic N) is 6. The van der Waals surface area contributed by atoms with Crippen molar-refractivity contribution in [1.29, 1.82) is 0 Å². The lowest BCUT2D eigenvalue weighted by atomic mass is 10.1. The summed E-state index contributed by atoms with van der Waals surface area (Å²) in [6.45, 7) is 0. The predicted molar refractivity (Wildman–Crippen MR) is 130 cm³/mol. The van der Waals surface area contributed by atoms with Gasteiger partial charge in [0.15, 0.2) is 0 Å². The zero-order valence-corrected chi connectivity index (χ0v) is 20.0. The van der Waals surface area contributed by atoms with Crippen LogP contribution in [0, 0.1) is 0 Å². The highest BCUT2D eigenvalue weighted by Gasteiger charge is 2.12. The number of carbonyl (C=O) groups is 2. The van der Waals surface area contributed by atoms with Gasteiger partial charge in [0.2, 0.25) is 11.0 Å². The van der Waals surface area contributed by atoms with Gasteiger partial charge in [0.25, 0.3) is 0 Å². The smallest absolute Gasteiger partial charge is 0.232 e. The van der Waals surface area contributed by atoms with Crippen LogP contribution in [0.15, 0.2) is 48.8 Å². The molecular formula is C23H23N7O2S2. The first kappa shape index (κ1) is 23.7. The first-order chi connectivity index (χ1) is 16.6. The maximum Gasteiger partial charge on any atom is 0.232 e. The predicted octanol–water partition coefficient (Wildman–Crippen LogP) is 3.28. The number of rotatable bonds is 12. The average Bonchev–Trinajstić information content (AvgIpc) is 3.47. The topological polar surface area (TPSA) is 124 Å². The fourth-order valence-electron chi connectivity index (χ4n) is 3.18. The van der Waals surface area contributed by atoms with Gasteiger partial charge in [-0.1, -0.05) is 23.5 Å². The SMILES string of the molecule is O=C(Cc1ccccn1)Cc1nnc(CCCCc2nnc(NC(=O)Cc3ccccn3)s2)s1. The van der Waals surface area contributed by atoms with Crippen LogP contribution in [0.1, 0.15) is 39.3 Å². The Bertz CT molecular complexity index is 1120. The lowest BCUT2D eigenvalue weighted by Crippen LogP contribution is -2.14. The molecule has 4 aromatic heterocycles. The molecule has 0 aromatic carbocycles. The Hall–Kier alpha value is -3.44. The molecule has 4 rings (SSSR count). The molecule has 4 aromatic rings. The molecule has 34 heavy (non-hydrogen) atoms. The third kappa shape index (κ3) is 7.56. The second-order valence-electron chi connectivity index (χ2n) is 7.56. The summed E-state index contributed by atoms with van der Waals surface area (Å²) in [6, 6.07) is 11.0. The molecule has 0 bridgehead atoms. The molecule has 9 nitrogen and oxygen atoms in total. The number of Topliss-reactive ketones (excluding diaryl/α,β-unsaturated/α-hetero) is 1. The van der Waals surface area contributed by atoms with Gasteiger partial charge in [-0.3, -0.25) is 19.6 Å². The van der Waals surface area contributed by atoms with Crippen molar-refractivity contribution >= 4 is 39.5 Å². The van der Waals surface area contributed by atoms with Crippen LogP contribution in [0.3, 0.4) is 0 Å². The summed E-state index contributed by atoms with van der Waals surface area (Å²) in [6.07, 6.45) is 7.58. The lowest BCUT2D eigenvalue weighted by Gasteiger charge is -2.00. The van der Waals surface area contributed by atoms with E-state index in [1.54, 1.807) is 12.4 Å². The molecule has 0 aliphatic heterocycles. The normalized spacial score (nSPS) is 10.8. The molecule has 0 saturated heterocycles. The van der Waals surface area contributed by atoms with Crippen molar-refractivity contribution in [3.63, 3.8) is 0 Å². The van der Waals surface area contributed by atoms with Crippen LogP contribution in [0.5, 0.6) is 0 Å². The average molecular weight is 494 g/mol. The number of pyridine rings is 2. The number of nitrogens with one attached hydrogen (secondary N) is 1. The van der Waals surface area contributed by atoms with E-state index in [-0.39, 0.29) is 24.5 Å². The molecule has 0 fully saturated rings. The molecule has 0 radical (unpaired) electrons. The quantitative estimate of drug-likeness (QED) is 0.298. The largest absolute Gasteiger partial charge is 0.300 e. The van der Waals surface area contributed by atoms with Crippen molar-refractivity contribution in [3.05, 3.63) is 75.2 Å². The van der Waals surface area contributed by atoms with E-state index in [0.717, 1.165) is 46.4 Å². The zero-order valence-electron chi connectivity index (χ0n) is 18.4. The number of carbonyl (C=O) groups excluding carboxylic acids is 2. The minimum atomic E-state index is -0.160. The van der Waals surface area contributed by atoms with E-state index in [2.05, 4.69) is 35.7 Å². The third-order valence-corrected chi connectivity index (χ3v) is 6.66. The first-order valence-electron chi connectivity index (χ1n) is 10.9. The van der Waals surface area contributed by atoms with Gasteiger partial charge in [0.05, 0.1) is 12.8 Å². The zero-order chi connectivity index (χ0) is 23.6. The van der Waals surface area contributed by atoms with Crippen LogP contribution in [0.2, 0.25) is 0 Å². The molecule has 0 aliphatic rings. The standard InChI is InChI=1S/C23H23N7O2S2/c31-18(13-16-7-3-5-11-24-16)15-22-29-27-20(33-22)9-1-2-10-21-28-30-23(34-21)26-19(32)14-17-8-4-6-12-25-17/h3-8,11-12H,1-2,9-10,13-15H2,(H,26,30,32). The van der Waals surface area contributed by atoms with Crippen LogP contribution in [0.4, 0.5) is 5.13 Å². The summed E-state index contributed by atoms with van der Waals surface area (Å²) in [7, 11) is 0. The fourth-order valence-corrected chi connectivity index (χ4v) is 4.90. The van der Waals surface area contributed by atoms with Gasteiger partial charge < -0.3 is 5.32 Å². The van der Waals surface area contributed by atoms with E-state index in [9.17, 15) is 9.59 Å². The Balaban J connectivity index is 1.15. The summed E-state index contributed by atoms with van der Waals surface area (Å²) in [4.78, 5) is 32.7. The number of unbranched alkanes of at least 4 members (excludes halogenated alkanes) is 1. The van der Waals surface area contributed by atoms with Crippen LogP contribution in [0.25, 0.3) is 0 Å². The Morgan fingerprint density at radius 1 is 0.706 bits per heavy atom. The van der Waals surface area contributed by atoms with Gasteiger partial charge in [-0.2, -0.15) is 0 Å². The van der Waals surface area contributed by atoms with Crippen molar-refractivity contribution in [3.8, 4) is 0 Å². The molecule has 0 unspecified atom stereocenters. The van der Waals surface area contributed by atoms with Crippen LogP contribution < -0.4 is 5.32 Å². The molecule has 0 aliphatic carbocycles. The molecule has 0 spiro atoms. The summed E-state index contributed by atoms with van der Waals surface area (Å²) in [5, 5.41) is 22.4. The van der Waals surface area contributed by atoms with Gasteiger partial charge in [-0.25, -0.2) is 0 Å². The molecule has 4 heterocycles. The third-order valence-electron chi connectivity index (χ3n) is 4.77. The number of ketones is 1. The number of hydrogen-bond donors (Lipinski definition) is 1. The van der Waals surface area contributed by atoms with Gasteiger partial charge in [0, 0.05) is 43.0 Å². The van der Waals surface area contributed by atoms with Crippen molar-refractivity contribution in [1.82, 2.24) is 30.4 Å². The van der Waals surface area contributed by atoms with E-state index < -0.39 is 0 Å². The maximum absolute atomic E-state index is 12.2. The molecule has 1 amide bonds. The Morgan fingerprint density at radius 3 is 2.00 bits per heavy atom. The molecular weight excluding hydrogens is 470 g/mol. The van der Waals surface area contributed by atoms with E-state index in [0.29, 0.717) is 17.2 Å². The minimum absolute atomic E-state index is 0.0839. The number of hydrogen-bond acceptors (Lipinski definition) is 10. The summed E-state index contributed by atoms with van der Waals surface area (Å²) in [5.74, 6) is -0.0763. The number of amides is 1. The summed E-state index contributed by atoms with van der Waals surface area (Å²) < 4.78 is 0. The molecule has 11 heteroatoms. The molecule has 0 saturated carbocycles. The van der Waals surface area contributed by atoms with Crippen molar-refractivity contribution in [2.24, 2.45) is 0 Å².